The average Bonchev–Trinajstić information content (AvgIpc) is 1.30. The van der Waals surface area contributed by atoms with Crippen LogP contribution in [0, 0.1) is 5.41 Å². The lowest BCUT2D eigenvalue weighted by Crippen LogP contribution is -2.03. The summed E-state index contributed by atoms with van der Waals surface area (Å²) in [7, 11) is -3.92. The Morgan fingerprint density at radius 1 is 1.71 bits per heavy atom. The van der Waals surface area contributed by atoms with Crippen molar-refractivity contribution in [1.29, 1.82) is 5.41 Å². The van der Waals surface area contributed by atoms with E-state index < -0.39 is 15.9 Å². The molecule has 0 aromatic rings. The van der Waals surface area contributed by atoms with Crippen LogP contribution in [0.2, 0.25) is 0 Å². The number of rotatable bonds is 2. The summed E-state index contributed by atoms with van der Waals surface area (Å²) in [4.78, 5) is 0. The minimum absolute atomic E-state index is 0.590. The molecular formula is C2H5NO3S. The van der Waals surface area contributed by atoms with Gasteiger partial charge in [-0.15, -0.1) is 0 Å². The number of hydrogen-bond acceptors (Lipinski definition) is 3. The van der Waals surface area contributed by atoms with Crippen LogP contribution in [0.25, 0.3) is 0 Å². The summed E-state index contributed by atoms with van der Waals surface area (Å²) in [6.45, 7) is 0. The smallest absolute Gasteiger partial charge is 0.269 e. The molecule has 7 heavy (non-hydrogen) atoms. The Labute approximate surface area is 41.4 Å². The fourth-order valence-corrected chi connectivity index (χ4v) is 0.316. The van der Waals surface area contributed by atoms with E-state index in [0.717, 1.165) is 0 Å². The highest BCUT2D eigenvalue weighted by Crippen LogP contribution is 1.73. The van der Waals surface area contributed by atoms with Crippen molar-refractivity contribution in [1.82, 2.24) is 0 Å². The lowest BCUT2D eigenvalue weighted by atomic mass is 10.9. The van der Waals surface area contributed by atoms with Crippen molar-refractivity contribution in [2.45, 2.75) is 0 Å². The summed E-state index contributed by atoms with van der Waals surface area (Å²) < 4.78 is 27.1. The first-order valence-corrected chi connectivity index (χ1v) is 3.11. The van der Waals surface area contributed by atoms with E-state index in [1.807, 2.05) is 0 Å². The first kappa shape index (κ1) is 6.58. The Bertz CT molecular complexity index is 146. The third-order valence-electron chi connectivity index (χ3n) is 0.294. The fraction of sp³-hybridized carbons (Fsp3) is 0.500. The molecule has 0 amide bonds. The maximum Gasteiger partial charge on any atom is 0.269 e. The van der Waals surface area contributed by atoms with Crippen molar-refractivity contribution in [2.24, 2.45) is 0 Å². The summed E-state index contributed by atoms with van der Waals surface area (Å²) in [6, 6.07) is 0. The van der Waals surface area contributed by atoms with Crippen molar-refractivity contribution in [3.8, 4) is 0 Å². The molecule has 0 saturated carbocycles. The van der Waals surface area contributed by atoms with Gasteiger partial charge in [0.2, 0.25) is 0 Å². The zero-order chi connectivity index (χ0) is 5.91. The lowest BCUT2D eigenvalue weighted by molar-refractivity contribution is 0.488. The fourth-order valence-electron chi connectivity index (χ4n) is 0.105. The highest BCUT2D eigenvalue weighted by molar-refractivity contribution is 7.86. The second-order valence-corrected chi connectivity index (χ2v) is 2.45. The third-order valence-corrected chi connectivity index (χ3v) is 0.882. The Morgan fingerprint density at radius 2 is 2.14 bits per heavy atom. The molecule has 0 aliphatic rings. The molecule has 0 aromatic heterocycles. The molecular weight excluding hydrogens is 118 g/mol. The van der Waals surface area contributed by atoms with Crippen LogP contribution in [-0.2, 0) is 10.1 Å². The van der Waals surface area contributed by atoms with Crippen LogP contribution in [0.1, 0.15) is 0 Å². The first-order valence-electron chi connectivity index (χ1n) is 1.50. The molecule has 42 valence electrons. The highest BCUT2D eigenvalue weighted by Gasteiger charge is 1.96. The minimum atomic E-state index is -3.92. The molecule has 0 heterocycles. The lowest BCUT2D eigenvalue weighted by Gasteiger charge is -1.81. The van der Waals surface area contributed by atoms with Crippen LogP contribution in [0.15, 0.2) is 0 Å². The maximum atomic E-state index is 9.64. The summed E-state index contributed by atoms with van der Waals surface area (Å²) >= 11 is 0. The molecule has 0 unspecified atom stereocenters. The van der Waals surface area contributed by atoms with Crippen LogP contribution < -0.4 is 0 Å². The van der Waals surface area contributed by atoms with Gasteiger partial charge in [0.15, 0.2) is 0 Å². The van der Waals surface area contributed by atoms with Gasteiger partial charge in [-0.25, -0.2) is 0 Å². The van der Waals surface area contributed by atoms with Crippen molar-refractivity contribution in [3.63, 3.8) is 0 Å². The summed E-state index contributed by atoms with van der Waals surface area (Å²) in [5, 5.41) is 6.19. The quantitative estimate of drug-likeness (QED) is 0.384. The third kappa shape index (κ3) is 5.58. The van der Waals surface area contributed by atoms with Gasteiger partial charge in [0.1, 0.15) is 5.75 Å². The molecule has 2 N–H and O–H groups in total. The van der Waals surface area contributed by atoms with Crippen LogP contribution >= 0.6 is 0 Å². The SMILES string of the molecule is N=CCS(=O)(=O)O. The Morgan fingerprint density at radius 3 is 2.14 bits per heavy atom. The van der Waals surface area contributed by atoms with E-state index in [1.165, 1.54) is 0 Å². The Balaban J connectivity index is 3.84. The number of hydrogen-bond donors (Lipinski definition) is 2. The molecule has 0 spiro atoms. The minimum Gasteiger partial charge on any atom is -0.312 e. The van der Waals surface area contributed by atoms with E-state index in [0.29, 0.717) is 6.21 Å². The summed E-state index contributed by atoms with van der Waals surface area (Å²) in [6.07, 6.45) is 0.620. The van der Waals surface area contributed by atoms with Crippen molar-refractivity contribution in [2.75, 3.05) is 5.75 Å². The second kappa shape index (κ2) is 2.04. The predicted molar refractivity (Wildman–Crippen MR) is 25.2 cm³/mol. The van der Waals surface area contributed by atoms with E-state index in [2.05, 4.69) is 0 Å². The van der Waals surface area contributed by atoms with E-state index >= 15 is 0 Å². The summed E-state index contributed by atoms with van der Waals surface area (Å²) in [5.74, 6) is -0.590. The molecule has 0 aromatic carbocycles. The van der Waals surface area contributed by atoms with Gasteiger partial charge >= 0.3 is 0 Å². The highest BCUT2D eigenvalue weighted by atomic mass is 32.2. The van der Waals surface area contributed by atoms with E-state index in [9.17, 15) is 8.42 Å². The molecule has 0 bridgehead atoms. The van der Waals surface area contributed by atoms with Gasteiger partial charge in [-0.3, -0.25) is 4.55 Å². The van der Waals surface area contributed by atoms with E-state index in [-0.39, 0.29) is 0 Å². The van der Waals surface area contributed by atoms with Crippen LogP contribution in [0.5, 0.6) is 0 Å². The average molecular weight is 123 g/mol. The van der Waals surface area contributed by atoms with Gasteiger partial charge < -0.3 is 5.41 Å². The standard InChI is InChI=1S/C2H5NO3S/c3-1-2-7(4,5)6/h1,3H,2H2,(H,4,5,6). The maximum absolute atomic E-state index is 9.64. The first-order chi connectivity index (χ1) is 3.06. The van der Waals surface area contributed by atoms with Crippen LogP contribution in [-0.4, -0.2) is 24.9 Å². The largest absolute Gasteiger partial charge is 0.312 e. The van der Waals surface area contributed by atoms with Gasteiger partial charge in [-0.2, -0.15) is 8.42 Å². The van der Waals surface area contributed by atoms with Gasteiger partial charge in [0.05, 0.1) is 0 Å². The normalized spacial score (nSPS) is 11.0. The topological polar surface area (TPSA) is 78.2 Å². The molecule has 0 aliphatic carbocycles. The monoisotopic (exact) mass is 123 g/mol. The van der Waals surface area contributed by atoms with Crippen molar-refractivity contribution < 1.29 is 13.0 Å². The van der Waals surface area contributed by atoms with Crippen molar-refractivity contribution in [3.05, 3.63) is 0 Å². The van der Waals surface area contributed by atoms with E-state index in [4.69, 9.17) is 9.96 Å². The molecule has 0 atom stereocenters. The van der Waals surface area contributed by atoms with E-state index in [1.54, 1.807) is 0 Å². The molecule has 5 heteroatoms. The predicted octanol–water partition coefficient (Wildman–Crippen LogP) is -0.476. The zero-order valence-electron chi connectivity index (χ0n) is 3.46. The second-order valence-electron chi connectivity index (χ2n) is 0.953. The molecule has 0 saturated heterocycles. The Kier molecular flexibility index (Phi) is 1.91. The van der Waals surface area contributed by atoms with Crippen LogP contribution in [0.4, 0.5) is 0 Å². The molecule has 0 fully saturated rings. The Hall–Kier alpha value is -0.420. The van der Waals surface area contributed by atoms with Crippen molar-refractivity contribution >= 4 is 16.3 Å². The van der Waals surface area contributed by atoms with Gasteiger partial charge in [0, 0.05) is 6.21 Å². The zero-order valence-corrected chi connectivity index (χ0v) is 4.27. The van der Waals surface area contributed by atoms with Gasteiger partial charge in [0.25, 0.3) is 10.1 Å². The van der Waals surface area contributed by atoms with Gasteiger partial charge in [-0.1, -0.05) is 0 Å². The molecule has 0 rings (SSSR count). The molecule has 0 aliphatic heterocycles. The molecule has 4 nitrogen and oxygen atoms in total. The number of nitrogens with one attached hydrogen (secondary N) is 1. The van der Waals surface area contributed by atoms with Crippen LogP contribution in [0.3, 0.4) is 0 Å². The molecule has 0 radical (unpaired) electrons. The van der Waals surface area contributed by atoms with Gasteiger partial charge in [-0.05, 0) is 0 Å². The summed E-state index contributed by atoms with van der Waals surface area (Å²) in [5.41, 5.74) is 0.